The number of benzene rings is 5. The number of hydrogen-bond acceptors (Lipinski definition) is 2. The van der Waals surface area contributed by atoms with Crippen molar-refractivity contribution in [2.75, 3.05) is 0 Å². The minimum Gasteiger partial charge on any atom is -0.308 e. The fraction of sp³-hybridized carbons (Fsp3) is 0. The first-order chi connectivity index (χ1) is 15.7. The van der Waals surface area contributed by atoms with Gasteiger partial charge in [-0.3, -0.25) is 10.1 Å². The Hall–Kier alpha value is -4.44. The van der Waals surface area contributed by atoms with Crippen LogP contribution in [0.5, 0.6) is 0 Å². The van der Waals surface area contributed by atoms with E-state index in [4.69, 9.17) is 0 Å². The van der Waals surface area contributed by atoms with Gasteiger partial charge in [0.15, 0.2) is 0 Å². The van der Waals surface area contributed by atoms with Gasteiger partial charge in [-0.25, -0.2) is 0 Å². The Balaban J connectivity index is 1.67. The van der Waals surface area contributed by atoms with Crippen LogP contribution >= 0.6 is 0 Å². The van der Waals surface area contributed by atoms with Crippen LogP contribution in [-0.2, 0) is 0 Å². The number of para-hydroxylation sites is 3. The number of nitro groups is 1. The second-order valence-corrected chi connectivity index (χ2v) is 8.22. The van der Waals surface area contributed by atoms with E-state index in [9.17, 15) is 10.1 Å². The molecule has 0 fully saturated rings. The van der Waals surface area contributed by atoms with Gasteiger partial charge >= 0.3 is 0 Å². The molecule has 4 nitrogen and oxygen atoms in total. The van der Waals surface area contributed by atoms with E-state index in [-0.39, 0.29) is 10.6 Å². The lowest BCUT2D eigenvalue weighted by Gasteiger charge is -2.09. The Bertz CT molecular complexity index is 1860. The van der Waals surface area contributed by atoms with Crippen molar-refractivity contribution in [1.82, 2.24) is 4.40 Å². The Morgan fingerprint density at radius 1 is 0.594 bits per heavy atom. The summed E-state index contributed by atoms with van der Waals surface area (Å²) in [6.07, 6.45) is 0. The van der Waals surface area contributed by atoms with Crippen molar-refractivity contribution in [2.45, 2.75) is 0 Å². The van der Waals surface area contributed by atoms with E-state index < -0.39 is 0 Å². The lowest BCUT2D eigenvalue weighted by molar-refractivity contribution is -0.384. The van der Waals surface area contributed by atoms with Crippen LogP contribution in [0.25, 0.3) is 60.0 Å². The summed E-state index contributed by atoms with van der Waals surface area (Å²) in [5.74, 6) is 0. The molecule has 7 aromatic rings. The third kappa shape index (κ3) is 2.11. The maximum Gasteiger partial charge on any atom is 0.277 e. The van der Waals surface area contributed by atoms with E-state index in [0.717, 1.165) is 27.2 Å². The summed E-state index contributed by atoms with van der Waals surface area (Å²) < 4.78 is 2.35. The molecule has 2 aromatic heterocycles. The topological polar surface area (TPSA) is 47.5 Å². The van der Waals surface area contributed by atoms with E-state index in [1.165, 1.54) is 27.2 Å². The number of hydrogen-bond donors (Lipinski definition) is 0. The van der Waals surface area contributed by atoms with Crippen LogP contribution in [0.2, 0.25) is 0 Å². The molecule has 5 aromatic carbocycles. The number of rotatable bonds is 2. The fourth-order valence-electron chi connectivity index (χ4n) is 5.30. The summed E-state index contributed by atoms with van der Waals surface area (Å²) in [5.41, 5.74) is 5.23. The van der Waals surface area contributed by atoms with Gasteiger partial charge in [0.25, 0.3) is 5.69 Å². The summed E-state index contributed by atoms with van der Waals surface area (Å²) in [4.78, 5) is 11.4. The molecule has 0 amide bonds. The summed E-state index contributed by atoms with van der Waals surface area (Å²) >= 11 is 0. The predicted octanol–water partition coefficient (Wildman–Crippen LogP) is 7.57. The third-order valence-corrected chi connectivity index (χ3v) is 6.61. The first kappa shape index (κ1) is 17.3. The first-order valence-corrected chi connectivity index (χ1v) is 10.6. The van der Waals surface area contributed by atoms with Gasteiger partial charge in [-0.1, -0.05) is 66.7 Å². The van der Waals surface area contributed by atoms with Gasteiger partial charge in [0.05, 0.1) is 27.0 Å². The van der Waals surface area contributed by atoms with Crippen molar-refractivity contribution in [3.63, 3.8) is 0 Å². The zero-order chi connectivity index (χ0) is 21.4. The molecule has 0 aliphatic heterocycles. The molecule has 0 aliphatic rings. The van der Waals surface area contributed by atoms with Gasteiger partial charge < -0.3 is 4.40 Å². The van der Waals surface area contributed by atoms with Crippen molar-refractivity contribution in [3.05, 3.63) is 107 Å². The zero-order valence-corrected chi connectivity index (χ0v) is 16.9. The number of aromatic nitrogens is 1. The van der Waals surface area contributed by atoms with Gasteiger partial charge in [0.2, 0.25) is 0 Å². The molecule has 32 heavy (non-hydrogen) atoms. The molecule has 4 heteroatoms. The smallest absolute Gasteiger partial charge is 0.277 e. The highest BCUT2D eigenvalue weighted by atomic mass is 16.6. The maximum absolute atomic E-state index is 11.7. The van der Waals surface area contributed by atoms with Crippen LogP contribution < -0.4 is 0 Å². The van der Waals surface area contributed by atoms with Crippen LogP contribution in [-0.4, -0.2) is 9.32 Å². The molecular weight excluding hydrogens is 396 g/mol. The van der Waals surface area contributed by atoms with Crippen molar-refractivity contribution >= 4 is 54.6 Å². The average Bonchev–Trinajstić information content (AvgIpc) is 3.34. The highest BCUT2D eigenvalue weighted by Crippen LogP contribution is 2.42. The normalized spacial score (nSPS) is 12.0. The highest BCUT2D eigenvalue weighted by Gasteiger charge is 2.20. The van der Waals surface area contributed by atoms with Crippen LogP contribution in [0.1, 0.15) is 0 Å². The monoisotopic (exact) mass is 412 g/mol. The van der Waals surface area contributed by atoms with Crippen molar-refractivity contribution < 1.29 is 4.92 Å². The van der Waals surface area contributed by atoms with Gasteiger partial charge in [-0.2, -0.15) is 0 Å². The highest BCUT2D eigenvalue weighted by molar-refractivity contribution is 6.25. The summed E-state index contributed by atoms with van der Waals surface area (Å²) in [5, 5.41) is 18.6. The second-order valence-electron chi connectivity index (χ2n) is 8.22. The minimum atomic E-state index is -0.305. The van der Waals surface area contributed by atoms with Crippen LogP contribution in [0.4, 0.5) is 5.69 Å². The van der Waals surface area contributed by atoms with E-state index >= 15 is 0 Å². The molecule has 0 N–H and O–H groups in total. The van der Waals surface area contributed by atoms with Crippen LogP contribution in [0.15, 0.2) is 97.1 Å². The maximum atomic E-state index is 11.7. The summed E-state index contributed by atoms with van der Waals surface area (Å²) in [6.45, 7) is 0. The number of nitrogens with zero attached hydrogens (tertiary/aromatic N) is 2. The van der Waals surface area contributed by atoms with Gasteiger partial charge in [-0.15, -0.1) is 0 Å². The van der Waals surface area contributed by atoms with E-state index in [0.29, 0.717) is 5.56 Å². The molecule has 0 saturated heterocycles. The Morgan fingerprint density at radius 3 is 2.16 bits per heavy atom. The molecule has 0 unspecified atom stereocenters. The van der Waals surface area contributed by atoms with Crippen molar-refractivity contribution in [1.29, 1.82) is 0 Å². The Morgan fingerprint density at radius 2 is 1.28 bits per heavy atom. The summed E-state index contributed by atoms with van der Waals surface area (Å²) in [6, 6.07) is 32.4. The van der Waals surface area contributed by atoms with Crippen molar-refractivity contribution in [3.8, 4) is 11.1 Å². The number of fused-ring (bicyclic) bond motifs is 7. The fourth-order valence-corrected chi connectivity index (χ4v) is 5.30. The second kappa shape index (κ2) is 6.05. The molecule has 2 heterocycles. The molecule has 7 rings (SSSR count). The average molecular weight is 412 g/mol. The van der Waals surface area contributed by atoms with Crippen LogP contribution in [0.3, 0.4) is 0 Å². The SMILES string of the molecule is O=[N+]([O-])c1ccccc1-c1cccc2cc3c(cc12)c1cccc2c4ccccc4n3c21. The molecule has 0 bridgehead atoms. The van der Waals surface area contributed by atoms with Crippen LogP contribution in [0, 0.1) is 10.1 Å². The number of nitro benzene ring substituents is 1. The van der Waals surface area contributed by atoms with E-state index in [1.807, 2.05) is 24.3 Å². The van der Waals surface area contributed by atoms with Crippen molar-refractivity contribution in [2.24, 2.45) is 0 Å². The van der Waals surface area contributed by atoms with Gasteiger partial charge in [0, 0.05) is 27.6 Å². The summed E-state index contributed by atoms with van der Waals surface area (Å²) in [7, 11) is 0. The Labute approximate surface area is 182 Å². The third-order valence-electron chi connectivity index (χ3n) is 6.61. The first-order valence-electron chi connectivity index (χ1n) is 10.6. The lowest BCUT2D eigenvalue weighted by atomic mass is 9.95. The van der Waals surface area contributed by atoms with E-state index in [2.05, 4.69) is 65.1 Å². The Kier molecular flexibility index (Phi) is 3.26. The molecule has 150 valence electrons. The molecular formula is C28H16N2O2. The van der Waals surface area contributed by atoms with Gasteiger partial charge in [-0.05, 0) is 40.6 Å². The minimum absolute atomic E-state index is 0.125. The van der Waals surface area contributed by atoms with E-state index in [1.54, 1.807) is 12.1 Å². The largest absolute Gasteiger partial charge is 0.308 e. The predicted molar refractivity (Wildman–Crippen MR) is 131 cm³/mol. The quantitative estimate of drug-likeness (QED) is 0.217. The molecule has 0 radical (unpaired) electrons. The molecule has 0 aliphatic carbocycles. The molecule has 0 atom stereocenters. The lowest BCUT2D eigenvalue weighted by Crippen LogP contribution is -1.92. The molecule has 0 spiro atoms. The zero-order valence-electron chi connectivity index (χ0n) is 16.9. The molecule has 0 saturated carbocycles. The standard InChI is InChI=1S/C28H16N2O2/c31-30(32)26-14-4-2-8-19(26)18-10-5-7-17-15-27-24(16-23(17)18)22-12-6-11-21-20-9-1-3-13-25(20)29(27)28(21)22/h1-16H. The van der Waals surface area contributed by atoms with Gasteiger partial charge in [0.1, 0.15) is 0 Å².